The second-order valence-corrected chi connectivity index (χ2v) is 6.73. The summed E-state index contributed by atoms with van der Waals surface area (Å²) in [7, 11) is 1.59. The van der Waals surface area contributed by atoms with Gasteiger partial charge >= 0.3 is 0 Å². The van der Waals surface area contributed by atoms with Crippen molar-refractivity contribution in [3.63, 3.8) is 0 Å². The highest BCUT2D eigenvalue weighted by Gasteiger charge is 2.22. The van der Waals surface area contributed by atoms with Crippen molar-refractivity contribution in [3.05, 3.63) is 47.5 Å². The van der Waals surface area contributed by atoms with Crippen LogP contribution in [0.2, 0.25) is 0 Å². The Morgan fingerprint density at radius 1 is 1.07 bits per heavy atom. The van der Waals surface area contributed by atoms with Gasteiger partial charge in [0.05, 0.1) is 6.61 Å². The highest BCUT2D eigenvalue weighted by molar-refractivity contribution is 6.04. The van der Waals surface area contributed by atoms with E-state index in [9.17, 15) is 9.59 Å². The molecule has 2 aliphatic rings. The summed E-state index contributed by atoms with van der Waals surface area (Å²) < 4.78 is 21.7. The Balaban J connectivity index is 1.51. The first-order chi connectivity index (χ1) is 14.1. The lowest BCUT2D eigenvalue weighted by Crippen LogP contribution is -2.34. The Morgan fingerprint density at radius 3 is 2.69 bits per heavy atom. The van der Waals surface area contributed by atoms with Crippen molar-refractivity contribution in [1.29, 1.82) is 0 Å². The molecule has 8 nitrogen and oxygen atoms in total. The molecule has 2 aliphatic heterocycles. The minimum absolute atomic E-state index is 0.0283. The van der Waals surface area contributed by atoms with Gasteiger partial charge in [0.15, 0.2) is 18.1 Å². The third kappa shape index (κ3) is 4.27. The smallest absolute Gasteiger partial charge is 0.260 e. The van der Waals surface area contributed by atoms with Gasteiger partial charge in [-0.2, -0.15) is 0 Å². The highest BCUT2D eigenvalue weighted by Crippen LogP contribution is 2.33. The lowest BCUT2D eigenvalue weighted by molar-refractivity contribution is -0.133. The van der Waals surface area contributed by atoms with Crippen molar-refractivity contribution in [3.8, 4) is 17.2 Å². The van der Waals surface area contributed by atoms with E-state index in [1.165, 1.54) is 0 Å². The van der Waals surface area contributed by atoms with Crippen LogP contribution in [0.1, 0.15) is 15.9 Å². The fraction of sp³-hybridized carbons (Fsp3) is 0.333. The number of benzene rings is 2. The van der Waals surface area contributed by atoms with Gasteiger partial charge in [0.25, 0.3) is 11.8 Å². The van der Waals surface area contributed by atoms with E-state index in [1.807, 2.05) is 0 Å². The maximum Gasteiger partial charge on any atom is 0.260 e. The lowest BCUT2D eigenvalue weighted by atomic mass is 10.1. The Hall–Kier alpha value is -3.26. The van der Waals surface area contributed by atoms with Gasteiger partial charge in [0.2, 0.25) is 0 Å². The second kappa shape index (κ2) is 8.40. The molecule has 0 unspecified atom stereocenters. The molecule has 0 aromatic heterocycles. The van der Waals surface area contributed by atoms with Gasteiger partial charge in [0, 0.05) is 43.1 Å². The molecule has 1 N–H and O–H groups in total. The number of methoxy groups -OCH3 is 1. The quantitative estimate of drug-likeness (QED) is 0.830. The zero-order valence-corrected chi connectivity index (χ0v) is 16.1. The SMILES string of the molecule is COCCN1Cc2cc(C(=O)Nc3ccc4c(c3)OCCO4)ccc2OCC1=O. The van der Waals surface area contributed by atoms with Gasteiger partial charge in [0.1, 0.15) is 19.0 Å². The minimum Gasteiger partial charge on any atom is -0.486 e. The van der Waals surface area contributed by atoms with Crippen LogP contribution in [-0.2, 0) is 16.1 Å². The Labute approximate surface area is 168 Å². The van der Waals surface area contributed by atoms with Crippen LogP contribution in [0, 0.1) is 0 Å². The van der Waals surface area contributed by atoms with Gasteiger partial charge in [-0.25, -0.2) is 0 Å². The summed E-state index contributed by atoms with van der Waals surface area (Å²) in [5.41, 5.74) is 1.87. The zero-order valence-electron chi connectivity index (χ0n) is 16.1. The molecule has 0 aliphatic carbocycles. The molecular weight excluding hydrogens is 376 g/mol. The number of nitrogens with one attached hydrogen (secondary N) is 1. The largest absolute Gasteiger partial charge is 0.486 e. The van der Waals surface area contributed by atoms with E-state index in [0.29, 0.717) is 61.4 Å². The molecule has 0 saturated heterocycles. The first-order valence-electron chi connectivity index (χ1n) is 9.37. The van der Waals surface area contributed by atoms with E-state index in [-0.39, 0.29) is 18.4 Å². The Bertz CT molecular complexity index is 929. The first-order valence-corrected chi connectivity index (χ1v) is 9.37. The average Bonchev–Trinajstić information content (AvgIpc) is 2.90. The van der Waals surface area contributed by atoms with Crippen molar-refractivity contribution in [2.45, 2.75) is 6.54 Å². The van der Waals surface area contributed by atoms with Crippen molar-refractivity contribution in [2.75, 3.05) is 45.4 Å². The zero-order chi connectivity index (χ0) is 20.2. The summed E-state index contributed by atoms with van der Waals surface area (Å²) in [5, 5.41) is 2.87. The molecule has 2 aromatic rings. The molecule has 0 radical (unpaired) electrons. The van der Waals surface area contributed by atoms with E-state index in [4.69, 9.17) is 18.9 Å². The van der Waals surface area contributed by atoms with Crippen molar-refractivity contribution in [1.82, 2.24) is 4.90 Å². The normalized spacial score (nSPS) is 15.2. The molecule has 2 aromatic carbocycles. The summed E-state index contributed by atoms with van der Waals surface area (Å²) in [6.07, 6.45) is 0. The van der Waals surface area contributed by atoms with Crippen molar-refractivity contribution >= 4 is 17.5 Å². The number of rotatable bonds is 5. The molecule has 4 rings (SSSR count). The molecular formula is C21H22N2O6. The molecule has 0 atom stereocenters. The molecule has 152 valence electrons. The number of carbonyl (C=O) groups is 2. The second-order valence-electron chi connectivity index (χ2n) is 6.73. The van der Waals surface area contributed by atoms with Gasteiger partial charge in [-0.15, -0.1) is 0 Å². The summed E-state index contributed by atoms with van der Waals surface area (Å²) in [5.74, 6) is 1.51. The summed E-state index contributed by atoms with van der Waals surface area (Å²) in [6.45, 7) is 2.23. The van der Waals surface area contributed by atoms with Crippen LogP contribution in [0.5, 0.6) is 17.2 Å². The predicted octanol–water partition coefficient (Wildman–Crippen LogP) is 2.08. The van der Waals surface area contributed by atoms with Crippen LogP contribution in [0.25, 0.3) is 0 Å². The fourth-order valence-electron chi connectivity index (χ4n) is 3.24. The van der Waals surface area contributed by atoms with Crippen LogP contribution in [0.15, 0.2) is 36.4 Å². The van der Waals surface area contributed by atoms with E-state index >= 15 is 0 Å². The topological polar surface area (TPSA) is 86.3 Å². The standard InChI is InChI=1S/C21H22N2O6/c1-26-7-6-23-12-15-10-14(2-4-17(15)29-13-20(23)24)21(25)22-16-3-5-18-19(11-16)28-9-8-27-18/h2-5,10-11H,6-9,12-13H2,1H3,(H,22,25). The molecule has 8 heteroatoms. The Morgan fingerprint density at radius 2 is 1.86 bits per heavy atom. The summed E-state index contributed by atoms with van der Waals surface area (Å²) in [4.78, 5) is 26.6. The monoisotopic (exact) mass is 398 g/mol. The van der Waals surface area contributed by atoms with Gasteiger partial charge < -0.3 is 29.2 Å². The number of amides is 2. The first kappa shape index (κ1) is 19.1. The van der Waals surface area contributed by atoms with Crippen LogP contribution >= 0.6 is 0 Å². The molecule has 2 amide bonds. The Kier molecular flexibility index (Phi) is 5.53. The maximum absolute atomic E-state index is 12.7. The van der Waals surface area contributed by atoms with E-state index in [0.717, 1.165) is 5.56 Å². The lowest BCUT2D eigenvalue weighted by Gasteiger charge is -2.19. The predicted molar refractivity (Wildman–Crippen MR) is 105 cm³/mol. The van der Waals surface area contributed by atoms with Gasteiger partial charge in [-0.05, 0) is 30.3 Å². The molecule has 0 saturated carbocycles. The van der Waals surface area contributed by atoms with Crippen molar-refractivity contribution < 1.29 is 28.5 Å². The van der Waals surface area contributed by atoms with E-state index in [2.05, 4.69) is 5.32 Å². The van der Waals surface area contributed by atoms with Gasteiger partial charge in [-0.1, -0.05) is 0 Å². The van der Waals surface area contributed by atoms with E-state index in [1.54, 1.807) is 48.4 Å². The molecule has 29 heavy (non-hydrogen) atoms. The van der Waals surface area contributed by atoms with Gasteiger partial charge in [-0.3, -0.25) is 9.59 Å². The number of hydrogen-bond donors (Lipinski definition) is 1. The number of anilines is 1. The number of fused-ring (bicyclic) bond motifs is 2. The average molecular weight is 398 g/mol. The van der Waals surface area contributed by atoms with E-state index < -0.39 is 0 Å². The fourth-order valence-corrected chi connectivity index (χ4v) is 3.24. The number of ether oxygens (including phenoxy) is 4. The number of carbonyl (C=O) groups excluding carboxylic acids is 2. The highest BCUT2D eigenvalue weighted by atomic mass is 16.6. The van der Waals surface area contributed by atoms with Crippen LogP contribution in [0.4, 0.5) is 5.69 Å². The van der Waals surface area contributed by atoms with Crippen LogP contribution in [0.3, 0.4) is 0 Å². The van der Waals surface area contributed by atoms with Crippen molar-refractivity contribution in [2.24, 2.45) is 0 Å². The maximum atomic E-state index is 12.7. The van der Waals surface area contributed by atoms with Crippen LogP contribution in [-0.4, -0.2) is 56.8 Å². The molecule has 2 heterocycles. The minimum atomic E-state index is -0.261. The molecule has 0 fully saturated rings. The molecule has 0 bridgehead atoms. The van der Waals surface area contributed by atoms with Crippen LogP contribution < -0.4 is 19.5 Å². The number of nitrogens with zero attached hydrogens (tertiary/aromatic N) is 1. The molecule has 0 spiro atoms. The summed E-state index contributed by atoms with van der Waals surface area (Å²) in [6, 6.07) is 10.4. The third-order valence-corrected chi connectivity index (χ3v) is 4.75. The third-order valence-electron chi connectivity index (χ3n) is 4.75. The summed E-state index contributed by atoms with van der Waals surface area (Å²) >= 11 is 0. The number of hydrogen-bond acceptors (Lipinski definition) is 6.